The van der Waals surface area contributed by atoms with Crippen molar-refractivity contribution in [2.75, 3.05) is 11.9 Å². The first-order valence-corrected chi connectivity index (χ1v) is 8.05. The summed E-state index contributed by atoms with van der Waals surface area (Å²) in [6.45, 7) is 4.28. The number of halogens is 2. The minimum absolute atomic E-state index is 0. The predicted molar refractivity (Wildman–Crippen MR) is 81.8 cm³/mol. The van der Waals surface area contributed by atoms with Crippen LogP contribution in [0.1, 0.15) is 19.8 Å². The molecule has 0 spiro atoms. The molecule has 1 aromatic carbocycles. The Morgan fingerprint density at radius 2 is 2.00 bits per heavy atom. The summed E-state index contributed by atoms with van der Waals surface area (Å²) in [7, 11) is 0. The van der Waals surface area contributed by atoms with Crippen molar-refractivity contribution >= 4 is 28.1 Å². The van der Waals surface area contributed by atoms with E-state index in [-0.39, 0.29) is 17.0 Å². The van der Waals surface area contributed by atoms with Crippen LogP contribution in [0.15, 0.2) is 29.6 Å². The van der Waals surface area contributed by atoms with E-state index in [0.29, 0.717) is 0 Å². The number of nitrogens with zero attached hydrogens (tertiary/aromatic N) is 1. The maximum Gasteiger partial charge on any atom is 0.334 e. The van der Waals surface area contributed by atoms with E-state index in [1.807, 2.05) is 12.1 Å². The SMILES string of the molecule is CC[n+]1c(-c2ccc(Cl)cc2)csc1NCC1CC1.[Br-]. The van der Waals surface area contributed by atoms with Gasteiger partial charge in [0.2, 0.25) is 0 Å². The first-order chi connectivity index (χ1) is 9.28. The number of thiazole rings is 1. The van der Waals surface area contributed by atoms with Gasteiger partial charge in [-0.15, -0.1) is 0 Å². The standard InChI is InChI=1S/C15H17ClN2S.BrH/c1-2-18-14(12-5-7-13(16)8-6-12)10-19-15(18)17-9-11-3-4-11;/h5-8,10-11H,2-4,9H2,1H3;1H. The fraction of sp³-hybridized carbons (Fsp3) is 0.400. The summed E-state index contributed by atoms with van der Waals surface area (Å²) in [4.78, 5) is 0. The molecule has 108 valence electrons. The topological polar surface area (TPSA) is 15.9 Å². The fourth-order valence-electron chi connectivity index (χ4n) is 2.20. The highest BCUT2D eigenvalue weighted by Gasteiger charge is 2.25. The smallest absolute Gasteiger partial charge is 0.334 e. The Kier molecular flexibility index (Phi) is 5.47. The Morgan fingerprint density at radius 1 is 1.30 bits per heavy atom. The normalized spacial score (nSPS) is 13.9. The third kappa shape index (κ3) is 3.54. The van der Waals surface area contributed by atoms with Crippen LogP contribution in [0.2, 0.25) is 5.02 Å². The lowest BCUT2D eigenvalue weighted by molar-refractivity contribution is -0.664. The largest absolute Gasteiger partial charge is 1.00 e. The lowest BCUT2D eigenvalue weighted by Crippen LogP contribution is -3.00. The number of aromatic nitrogens is 1. The number of hydrogen-bond acceptors (Lipinski definition) is 2. The molecule has 1 heterocycles. The zero-order chi connectivity index (χ0) is 13.2. The number of nitrogens with one attached hydrogen (secondary N) is 1. The van der Waals surface area contributed by atoms with Crippen LogP contribution in [-0.2, 0) is 6.54 Å². The molecule has 2 aromatic rings. The van der Waals surface area contributed by atoms with Crippen molar-refractivity contribution in [1.82, 2.24) is 0 Å². The summed E-state index contributed by atoms with van der Waals surface area (Å²) in [5.74, 6) is 0.895. The van der Waals surface area contributed by atoms with Crippen LogP contribution in [0.25, 0.3) is 11.3 Å². The summed E-state index contributed by atoms with van der Waals surface area (Å²) in [6.07, 6.45) is 2.77. The quantitative estimate of drug-likeness (QED) is 0.779. The minimum atomic E-state index is 0. The molecule has 1 saturated carbocycles. The number of anilines is 1. The molecule has 0 radical (unpaired) electrons. The van der Waals surface area contributed by atoms with E-state index in [0.717, 1.165) is 24.0 Å². The number of rotatable bonds is 5. The first-order valence-electron chi connectivity index (χ1n) is 6.79. The Bertz CT molecular complexity index is 564. The molecule has 1 aliphatic carbocycles. The minimum Gasteiger partial charge on any atom is -1.00 e. The molecule has 0 amide bonds. The van der Waals surface area contributed by atoms with Crippen molar-refractivity contribution in [3.05, 3.63) is 34.7 Å². The van der Waals surface area contributed by atoms with Crippen molar-refractivity contribution in [1.29, 1.82) is 0 Å². The second-order valence-electron chi connectivity index (χ2n) is 5.00. The highest BCUT2D eigenvalue weighted by atomic mass is 79.9. The highest BCUT2D eigenvalue weighted by molar-refractivity contribution is 7.13. The molecular formula is C15H18BrClN2S. The van der Waals surface area contributed by atoms with E-state index >= 15 is 0 Å². The van der Waals surface area contributed by atoms with E-state index in [1.54, 1.807) is 11.3 Å². The Hall–Kier alpha value is -0.580. The van der Waals surface area contributed by atoms with Gasteiger partial charge in [-0.3, -0.25) is 5.32 Å². The van der Waals surface area contributed by atoms with E-state index in [1.165, 1.54) is 29.2 Å². The van der Waals surface area contributed by atoms with Gasteiger partial charge in [0, 0.05) is 16.0 Å². The average molecular weight is 374 g/mol. The molecule has 2 nitrogen and oxygen atoms in total. The van der Waals surface area contributed by atoms with Gasteiger partial charge in [0.25, 0.3) is 0 Å². The van der Waals surface area contributed by atoms with Gasteiger partial charge in [0.05, 0.1) is 13.1 Å². The van der Waals surface area contributed by atoms with Crippen LogP contribution in [0.4, 0.5) is 5.13 Å². The average Bonchev–Trinajstić information content (AvgIpc) is 3.16. The summed E-state index contributed by atoms with van der Waals surface area (Å²) in [5, 5.41) is 7.86. The molecule has 0 bridgehead atoms. The molecular weight excluding hydrogens is 356 g/mol. The van der Waals surface area contributed by atoms with Gasteiger partial charge in [0.1, 0.15) is 5.69 Å². The summed E-state index contributed by atoms with van der Waals surface area (Å²) in [6, 6.07) is 8.07. The number of hydrogen-bond donors (Lipinski definition) is 1. The van der Waals surface area contributed by atoms with Gasteiger partial charge in [0.15, 0.2) is 0 Å². The van der Waals surface area contributed by atoms with E-state index in [9.17, 15) is 0 Å². The monoisotopic (exact) mass is 372 g/mol. The summed E-state index contributed by atoms with van der Waals surface area (Å²) in [5.41, 5.74) is 2.49. The zero-order valence-corrected chi connectivity index (χ0v) is 14.6. The van der Waals surface area contributed by atoms with Crippen molar-refractivity contribution < 1.29 is 21.5 Å². The van der Waals surface area contributed by atoms with Crippen molar-refractivity contribution in [3.63, 3.8) is 0 Å². The van der Waals surface area contributed by atoms with Gasteiger partial charge in [-0.05, 0) is 49.9 Å². The van der Waals surface area contributed by atoms with Crippen molar-refractivity contribution in [3.8, 4) is 11.3 Å². The highest BCUT2D eigenvalue weighted by Crippen LogP contribution is 2.30. The molecule has 20 heavy (non-hydrogen) atoms. The molecule has 1 fully saturated rings. The predicted octanol–water partition coefficient (Wildman–Crippen LogP) is 1.20. The Labute approximate surface area is 139 Å². The molecule has 5 heteroatoms. The van der Waals surface area contributed by atoms with Crippen molar-refractivity contribution in [2.45, 2.75) is 26.3 Å². The number of benzene rings is 1. The maximum absolute atomic E-state index is 5.95. The second-order valence-corrected chi connectivity index (χ2v) is 6.30. The summed E-state index contributed by atoms with van der Waals surface area (Å²) < 4.78 is 2.34. The Morgan fingerprint density at radius 3 is 2.60 bits per heavy atom. The first kappa shape index (κ1) is 15.8. The van der Waals surface area contributed by atoms with Crippen LogP contribution < -0.4 is 26.9 Å². The lowest BCUT2D eigenvalue weighted by Gasteiger charge is -2.03. The van der Waals surface area contributed by atoms with Crippen LogP contribution in [0.5, 0.6) is 0 Å². The molecule has 0 aliphatic heterocycles. The van der Waals surface area contributed by atoms with Gasteiger partial charge < -0.3 is 17.0 Å². The third-order valence-electron chi connectivity index (χ3n) is 3.51. The van der Waals surface area contributed by atoms with Gasteiger partial charge in [-0.2, -0.15) is 0 Å². The molecule has 0 saturated heterocycles. The van der Waals surface area contributed by atoms with E-state index in [2.05, 4.69) is 34.3 Å². The van der Waals surface area contributed by atoms with Gasteiger partial charge in [-0.25, -0.2) is 4.57 Å². The van der Waals surface area contributed by atoms with E-state index in [4.69, 9.17) is 11.6 Å². The Balaban J connectivity index is 0.00000147. The van der Waals surface area contributed by atoms with E-state index < -0.39 is 0 Å². The zero-order valence-electron chi connectivity index (χ0n) is 11.4. The molecule has 1 N–H and O–H groups in total. The van der Waals surface area contributed by atoms with Gasteiger partial charge >= 0.3 is 5.13 Å². The molecule has 1 aromatic heterocycles. The van der Waals surface area contributed by atoms with Crippen molar-refractivity contribution in [2.24, 2.45) is 5.92 Å². The molecule has 1 aliphatic rings. The van der Waals surface area contributed by atoms with Gasteiger partial charge in [-0.1, -0.05) is 22.9 Å². The van der Waals surface area contributed by atoms with Crippen LogP contribution >= 0.6 is 22.9 Å². The molecule has 0 atom stereocenters. The second kappa shape index (κ2) is 6.92. The summed E-state index contributed by atoms with van der Waals surface area (Å²) >= 11 is 7.74. The van der Waals surface area contributed by atoms with Crippen LogP contribution in [0.3, 0.4) is 0 Å². The molecule has 0 unspecified atom stereocenters. The third-order valence-corrected chi connectivity index (χ3v) is 4.69. The van der Waals surface area contributed by atoms with Crippen LogP contribution in [-0.4, -0.2) is 6.54 Å². The maximum atomic E-state index is 5.95. The van der Waals surface area contributed by atoms with Crippen LogP contribution in [0, 0.1) is 5.92 Å². The lowest BCUT2D eigenvalue weighted by atomic mass is 10.2. The fourth-order valence-corrected chi connectivity index (χ4v) is 3.33. The molecule has 3 rings (SSSR count).